The number of halogens is 1. The quantitative estimate of drug-likeness (QED) is 0.511. The van der Waals surface area contributed by atoms with Crippen molar-refractivity contribution in [1.82, 2.24) is 0 Å². The van der Waals surface area contributed by atoms with Crippen LogP contribution >= 0.6 is 35.1 Å². The summed E-state index contributed by atoms with van der Waals surface area (Å²) in [6, 6.07) is 4.11. The third-order valence-corrected chi connectivity index (χ3v) is 5.37. The Morgan fingerprint density at radius 3 is 2.84 bits per heavy atom. The van der Waals surface area contributed by atoms with Crippen LogP contribution < -0.4 is 11.5 Å². The number of rotatable bonds is 3. The van der Waals surface area contributed by atoms with Crippen molar-refractivity contribution >= 4 is 53.4 Å². The maximum atomic E-state index is 6.39. The van der Waals surface area contributed by atoms with Crippen LogP contribution in [0.15, 0.2) is 38.2 Å². The van der Waals surface area contributed by atoms with Gasteiger partial charge in [0, 0.05) is 27.5 Å². The summed E-state index contributed by atoms with van der Waals surface area (Å²) in [5.41, 5.74) is 11.3. The Labute approximate surface area is 125 Å². The maximum Gasteiger partial charge on any atom is 0.211 e. The van der Waals surface area contributed by atoms with E-state index in [-0.39, 0.29) is 5.96 Å². The highest BCUT2D eigenvalue weighted by Gasteiger charge is 2.15. The van der Waals surface area contributed by atoms with Crippen LogP contribution in [0.1, 0.15) is 5.56 Å². The number of nitrogens with zero attached hydrogens (tertiary/aromatic N) is 2. The van der Waals surface area contributed by atoms with Gasteiger partial charge in [-0.2, -0.15) is 5.10 Å². The van der Waals surface area contributed by atoms with Crippen LogP contribution in [0.25, 0.3) is 6.08 Å². The molecule has 0 saturated carbocycles. The van der Waals surface area contributed by atoms with Crippen molar-refractivity contribution < 1.29 is 0 Å². The molecular formula is C12H13ClN4S2. The number of benzene rings is 1. The molecular weight excluding hydrogens is 300 g/mol. The average molecular weight is 313 g/mol. The number of fused-ring (bicyclic) bond motifs is 1. The predicted octanol–water partition coefficient (Wildman–Crippen LogP) is 2.81. The Bertz CT molecular complexity index is 551. The second-order valence-corrected chi connectivity index (χ2v) is 6.26. The highest BCUT2D eigenvalue weighted by Crippen LogP contribution is 2.42. The summed E-state index contributed by atoms with van der Waals surface area (Å²) in [6.45, 7) is 0. The normalized spacial score (nSPS) is 14.8. The first-order chi connectivity index (χ1) is 9.18. The van der Waals surface area contributed by atoms with E-state index < -0.39 is 0 Å². The van der Waals surface area contributed by atoms with E-state index >= 15 is 0 Å². The van der Waals surface area contributed by atoms with E-state index in [4.69, 9.17) is 23.1 Å². The van der Waals surface area contributed by atoms with Crippen LogP contribution in [0.4, 0.5) is 0 Å². The zero-order valence-corrected chi connectivity index (χ0v) is 12.4. The van der Waals surface area contributed by atoms with Crippen LogP contribution in [0.2, 0.25) is 5.02 Å². The number of thioether (sulfide) groups is 2. The molecule has 1 aliphatic heterocycles. The van der Waals surface area contributed by atoms with Gasteiger partial charge in [-0.25, -0.2) is 0 Å². The molecule has 1 aliphatic rings. The Hall–Kier alpha value is -1.11. The summed E-state index contributed by atoms with van der Waals surface area (Å²) in [5, 5.41) is 7.97. The molecule has 19 heavy (non-hydrogen) atoms. The van der Waals surface area contributed by atoms with E-state index in [1.54, 1.807) is 17.8 Å². The van der Waals surface area contributed by atoms with Crippen molar-refractivity contribution in [3.05, 3.63) is 28.8 Å². The molecule has 7 heteroatoms. The van der Waals surface area contributed by atoms with E-state index in [9.17, 15) is 0 Å². The molecule has 0 bridgehead atoms. The Balaban J connectivity index is 2.15. The van der Waals surface area contributed by atoms with Gasteiger partial charge in [0.25, 0.3) is 0 Å². The largest absolute Gasteiger partial charge is 0.369 e. The van der Waals surface area contributed by atoms with Crippen LogP contribution in [-0.2, 0) is 0 Å². The minimum atomic E-state index is -0.0649. The SMILES string of the molecule is NC(N)=NN=CC=Cc1ccc2c(c1Cl)SCCS2. The van der Waals surface area contributed by atoms with Gasteiger partial charge >= 0.3 is 0 Å². The number of allylic oxidation sites excluding steroid dienone is 1. The number of guanidine groups is 1. The molecule has 2 rings (SSSR count). The van der Waals surface area contributed by atoms with Crippen LogP contribution in [0.3, 0.4) is 0 Å². The topological polar surface area (TPSA) is 76.8 Å². The van der Waals surface area contributed by atoms with Crippen LogP contribution in [0.5, 0.6) is 0 Å². The Morgan fingerprint density at radius 2 is 2.05 bits per heavy atom. The smallest absolute Gasteiger partial charge is 0.211 e. The fraction of sp³-hybridized carbons (Fsp3) is 0.167. The van der Waals surface area contributed by atoms with Crippen molar-refractivity contribution in [2.75, 3.05) is 11.5 Å². The van der Waals surface area contributed by atoms with Gasteiger partial charge in [0.15, 0.2) is 0 Å². The maximum absolute atomic E-state index is 6.39. The lowest BCUT2D eigenvalue weighted by Gasteiger charge is -2.16. The predicted molar refractivity (Wildman–Crippen MR) is 86.2 cm³/mol. The summed E-state index contributed by atoms with van der Waals surface area (Å²) in [6.07, 6.45) is 5.15. The summed E-state index contributed by atoms with van der Waals surface area (Å²) in [5.74, 6) is 2.16. The lowest BCUT2D eigenvalue weighted by Crippen LogP contribution is -2.21. The van der Waals surface area contributed by atoms with E-state index in [0.29, 0.717) is 0 Å². The van der Waals surface area contributed by atoms with Gasteiger partial charge in [0.05, 0.1) is 5.02 Å². The van der Waals surface area contributed by atoms with Gasteiger partial charge in [-0.05, 0) is 17.7 Å². The minimum Gasteiger partial charge on any atom is -0.369 e. The van der Waals surface area contributed by atoms with Gasteiger partial charge in [-0.1, -0.05) is 23.7 Å². The van der Waals surface area contributed by atoms with E-state index in [2.05, 4.69) is 16.3 Å². The summed E-state index contributed by atoms with van der Waals surface area (Å²) in [4.78, 5) is 2.42. The van der Waals surface area contributed by atoms with Crippen molar-refractivity contribution in [2.24, 2.45) is 21.7 Å². The number of hydrogen-bond donors (Lipinski definition) is 2. The fourth-order valence-corrected chi connectivity index (χ4v) is 4.26. The molecule has 4 nitrogen and oxygen atoms in total. The second kappa shape index (κ2) is 6.88. The molecule has 0 fully saturated rings. The van der Waals surface area contributed by atoms with Gasteiger partial charge in [-0.15, -0.1) is 28.6 Å². The second-order valence-electron chi connectivity index (χ2n) is 3.64. The van der Waals surface area contributed by atoms with E-state index in [1.165, 1.54) is 16.0 Å². The molecule has 0 radical (unpaired) electrons. The lowest BCUT2D eigenvalue weighted by molar-refractivity contribution is 1.21. The molecule has 100 valence electrons. The highest BCUT2D eigenvalue weighted by molar-refractivity contribution is 8.05. The van der Waals surface area contributed by atoms with Crippen molar-refractivity contribution in [3.63, 3.8) is 0 Å². The summed E-state index contributed by atoms with van der Waals surface area (Å²) >= 11 is 10.0. The number of hydrogen-bond acceptors (Lipinski definition) is 4. The molecule has 1 heterocycles. The first-order valence-corrected chi connectivity index (χ1v) is 7.90. The molecule has 4 N–H and O–H groups in total. The molecule has 1 aromatic rings. The monoisotopic (exact) mass is 312 g/mol. The van der Waals surface area contributed by atoms with Gasteiger partial charge in [-0.3, -0.25) is 0 Å². The molecule has 1 aromatic carbocycles. The van der Waals surface area contributed by atoms with Gasteiger partial charge in [0.1, 0.15) is 0 Å². The molecule has 0 aromatic heterocycles. The average Bonchev–Trinajstić information content (AvgIpc) is 2.41. The standard InChI is InChI=1S/C12H13ClN4S2/c13-10-8(2-1-5-16-17-12(14)15)3-4-9-11(10)19-7-6-18-9/h1-5H,6-7H2,(H4,14,15,17). The van der Waals surface area contributed by atoms with Crippen LogP contribution in [0, 0.1) is 0 Å². The zero-order chi connectivity index (χ0) is 13.7. The fourth-order valence-electron chi connectivity index (χ4n) is 1.51. The van der Waals surface area contributed by atoms with E-state index in [1.807, 2.05) is 23.9 Å². The summed E-state index contributed by atoms with van der Waals surface area (Å²) < 4.78 is 0. The molecule has 0 amide bonds. The first-order valence-electron chi connectivity index (χ1n) is 5.55. The third-order valence-electron chi connectivity index (χ3n) is 2.28. The Morgan fingerprint density at radius 1 is 1.26 bits per heavy atom. The van der Waals surface area contributed by atoms with Crippen molar-refractivity contribution in [2.45, 2.75) is 9.79 Å². The van der Waals surface area contributed by atoms with E-state index in [0.717, 1.165) is 22.1 Å². The minimum absolute atomic E-state index is 0.0649. The highest BCUT2D eigenvalue weighted by atomic mass is 35.5. The molecule has 0 aliphatic carbocycles. The first kappa shape index (κ1) is 14.3. The third kappa shape index (κ3) is 3.92. The van der Waals surface area contributed by atoms with Crippen molar-refractivity contribution in [1.29, 1.82) is 0 Å². The molecule has 0 saturated heterocycles. The van der Waals surface area contributed by atoms with Crippen LogP contribution in [-0.4, -0.2) is 23.7 Å². The van der Waals surface area contributed by atoms with Gasteiger partial charge < -0.3 is 11.5 Å². The molecule has 0 unspecified atom stereocenters. The number of nitrogens with two attached hydrogens (primary N) is 2. The lowest BCUT2D eigenvalue weighted by atomic mass is 10.2. The van der Waals surface area contributed by atoms with Gasteiger partial charge in [0.2, 0.25) is 5.96 Å². The molecule has 0 atom stereocenters. The van der Waals surface area contributed by atoms with Crippen molar-refractivity contribution in [3.8, 4) is 0 Å². The Kier molecular flexibility index (Phi) is 5.18. The summed E-state index contributed by atoms with van der Waals surface area (Å²) in [7, 11) is 0. The molecule has 0 spiro atoms. The zero-order valence-electron chi connectivity index (χ0n) is 10.0.